The van der Waals surface area contributed by atoms with Crippen molar-refractivity contribution < 1.29 is 5.11 Å². The van der Waals surface area contributed by atoms with Gasteiger partial charge in [-0.25, -0.2) is 0 Å². The van der Waals surface area contributed by atoms with Crippen molar-refractivity contribution in [2.24, 2.45) is 50.2 Å². The summed E-state index contributed by atoms with van der Waals surface area (Å²) < 4.78 is 0. The molecule has 8 atom stereocenters. The molecule has 0 aromatic carbocycles. The lowest BCUT2D eigenvalue weighted by Crippen LogP contribution is -2.64. The minimum Gasteiger partial charge on any atom is -0.393 e. The van der Waals surface area contributed by atoms with Crippen LogP contribution in [0.4, 0.5) is 0 Å². The fourth-order valence-corrected chi connectivity index (χ4v) is 10.5. The van der Waals surface area contributed by atoms with E-state index in [2.05, 4.69) is 61.5 Å². The van der Waals surface area contributed by atoms with E-state index >= 15 is 0 Å². The molecule has 0 unspecified atom stereocenters. The van der Waals surface area contributed by atoms with Crippen molar-refractivity contribution in [3.05, 3.63) is 11.6 Å². The van der Waals surface area contributed by atoms with Gasteiger partial charge in [-0.05, 0) is 114 Å². The number of aliphatic hydroxyl groups excluding tert-OH is 1. The second-order valence-corrected chi connectivity index (χ2v) is 15.2. The molecule has 1 N–H and O–H groups in total. The highest BCUT2D eigenvalue weighted by atomic mass is 16.3. The van der Waals surface area contributed by atoms with Crippen LogP contribution in [0.5, 0.6) is 0 Å². The second-order valence-electron chi connectivity index (χ2n) is 15.2. The molecule has 5 rings (SSSR count). The molecule has 176 valence electrons. The van der Waals surface area contributed by atoms with E-state index < -0.39 is 0 Å². The highest BCUT2D eigenvalue weighted by Gasteiger charge is 2.67. The van der Waals surface area contributed by atoms with Crippen LogP contribution in [0, 0.1) is 50.2 Å². The lowest BCUT2D eigenvalue weighted by molar-refractivity contribution is -0.202. The molecule has 0 spiro atoms. The molecule has 1 nitrogen and oxygen atoms in total. The van der Waals surface area contributed by atoms with Crippen molar-refractivity contribution in [1.29, 1.82) is 0 Å². The van der Waals surface area contributed by atoms with Gasteiger partial charge in [0.05, 0.1) is 6.10 Å². The Labute approximate surface area is 192 Å². The monoisotopic (exact) mass is 426 g/mol. The molecule has 0 amide bonds. The Morgan fingerprint density at radius 1 is 0.774 bits per heavy atom. The minimum absolute atomic E-state index is 0.0533. The van der Waals surface area contributed by atoms with Gasteiger partial charge in [-0.1, -0.05) is 67.0 Å². The van der Waals surface area contributed by atoms with Gasteiger partial charge in [-0.15, -0.1) is 0 Å². The SMILES string of the molecule is CC1(C)CC[C@@]2(C)CC[C@]3(C)C(=CC[C@H]4[C@@]5(C)CC[C@H](O)C(C)(C)[C@@H]5CC[C@@]43C)[C@@H]2C1. The van der Waals surface area contributed by atoms with E-state index in [9.17, 15) is 5.11 Å². The predicted octanol–water partition coefficient (Wildman–Crippen LogP) is 8.17. The summed E-state index contributed by atoms with van der Waals surface area (Å²) in [4.78, 5) is 0. The highest BCUT2D eigenvalue weighted by Crippen LogP contribution is 2.75. The van der Waals surface area contributed by atoms with Gasteiger partial charge in [0, 0.05) is 0 Å². The molecular formula is C30H50O. The average molecular weight is 427 g/mol. The molecule has 5 aliphatic rings. The van der Waals surface area contributed by atoms with E-state index in [0.717, 1.165) is 18.3 Å². The predicted molar refractivity (Wildman–Crippen MR) is 131 cm³/mol. The van der Waals surface area contributed by atoms with Crippen LogP contribution in [0.25, 0.3) is 0 Å². The zero-order valence-corrected chi connectivity index (χ0v) is 21.9. The summed E-state index contributed by atoms with van der Waals surface area (Å²) in [6.45, 7) is 20.4. The molecule has 0 aromatic heterocycles. The van der Waals surface area contributed by atoms with Crippen LogP contribution in [0.3, 0.4) is 0 Å². The van der Waals surface area contributed by atoms with Gasteiger partial charge in [0.1, 0.15) is 0 Å². The summed E-state index contributed by atoms with van der Waals surface area (Å²) in [6.07, 6.45) is 15.9. The van der Waals surface area contributed by atoms with Crippen LogP contribution in [0.15, 0.2) is 11.6 Å². The molecule has 4 saturated carbocycles. The molecule has 0 aliphatic heterocycles. The Morgan fingerprint density at radius 2 is 1.45 bits per heavy atom. The molecule has 0 heterocycles. The van der Waals surface area contributed by atoms with Crippen molar-refractivity contribution in [2.75, 3.05) is 0 Å². The van der Waals surface area contributed by atoms with E-state index in [1.165, 1.54) is 57.8 Å². The molecule has 0 radical (unpaired) electrons. The number of rotatable bonds is 0. The van der Waals surface area contributed by atoms with Crippen LogP contribution in [-0.4, -0.2) is 11.2 Å². The lowest BCUT2D eigenvalue weighted by Gasteiger charge is -2.71. The highest BCUT2D eigenvalue weighted by molar-refractivity contribution is 5.33. The molecule has 0 saturated heterocycles. The molecular weight excluding hydrogens is 376 g/mol. The van der Waals surface area contributed by atoms with Crippen LogP contribution >= 0.6 is 0 Å². The van der Waals surface area contributed by atoms with Gasteiger partial charge >= 0.3 is 0 Å². The first-order chi connectivity index (χ1) is 14.2. The zero-order chi connectivity index (χ0) is 22.7. The molecule has 0 aromatic rings. The first-order valence-corrected chi connectivity index (χ1v) is 13.6. The van der Waals surface area contributed by atoms with Crippen molar-refractivity contribution >= 4 is 0 Å². The number of aliphatic hydroxyl groups is 1. The number of fused-ring (bicyclic) bond motifs is 7. The van der Waals surface area contributed by atoms with Gasteiger partial charge in [0.25, 0.3) is 0 Å². The van der Waals surface area contributed by atoms with E-state index in [1.807, 2.05) is 5.57 Å². The molecule has 0 bridgehead atoms. The Bertz CT molecular complexity index is 790. The fourth-order valence-electron chi connectivity index (χ4n) is 10.5. The maximum Gasteiger partial charge on any atom is 0.0594 e. The largest absolute Gasteiger partial charge is 0.393 e. The second kappa shape index (κ2) is 6.43. The topological polar surface area (TPSA) is 20.2 Å². The maximum atomic E-state index is 10.9. The van der Waals surface area contributed by atoms with Gasteiger partial charge in [-0.2, -0.15) is 0 Å². The van der Waals surface area contributed by atoms with E-state index in [4.69, 9.17) is 0 Å². The fraction of sp³-hybridized carbons (Fsp3) is 0.933. The van der Waals surface area contributed by atoms with Gasteiger partial charge in [0.15, 0.2) is 0 Å². The summed E-state index contributed by atoms with van der Waals surface area (Å²) >= 11 is 0. The number of allylic oxidation sites excluding steroid dienone is 2. The van der Waals surface area contributed by atoms with Gasteiger partial charge < -0.3 is 5.11 Å². The summed E-state index contributed by atoms with van der Waals surface area (Å²) in [5, 5.41) is 10.9. The molecule has 5 aliphatic carbocycles. The Hall–Kier alpha value is -0.300. The third-order valence-electron chi connectivity index (χ3n) is 13.0. The van der Waals surface area contributed by atoms with Crippen molar-refractivity contribution in [2.45, 2.75) is 126 Å². The van der Waals surface area contributed by atoms with Crippen LogP contribution in [0.1, 0.15) is 120 Å². The van der Waals surface area contributed by atoms with Gasteiger partial charge in [0.2, 0.25) is 0 Å². The maximum absolute atomic E-state index is 10.9. The third-order valence-corrected chi connectivity index (χ3v) is 13.0. The minimum atomic E-state index is -0.125. The van der Waals surface area contributed by atoms with Crippen molar-refractivity contribution in [3.8, 4) is 0 Å². The van der Waals surface area contributed by atoms with Crippen LogP contribution in [0.2, 0.25) is 0 Å². The van der Waals surface area contributed by atoms with E-state index in [-0.39, 0.29) is 11.5 Å². The first-order valence-electron chi connectivity index (χ1n) is 13.6. The van der Waals surface area contributed by atoms with Crippen molar-refractivity contribution in [1.82, 2.24) is 0 Å². The summed E-state index contributed by atoms with van der Waals surface area (Å²) in [5.41, 5.74) is 4.09. The Balaban J connectivity index is 1.57. The lowest BCUT2D eigenvalue weighted by atomic mass is 9.33. The first kappa shape index (κ1) is 22.5. The summed E-state index contributed by atoms with van der Waals surface area (Å²) in [7, 11) is 0. The summed E-state index contributed by atoms with van der Waals surface area (Å²) in [5.74, 6) is 2.21. The Kier molecular flexibility index (Phi) is 4.66. The van der Waals surface area contributed by atoms with Crippen LogP contribution in [-0.2, 0) is 0 Å². The zero-order valence-electron chi connectivity index (χ0n) is 21.9. The normalized spacial score (nSPS) is 55.2. The van der Waals surface area contributed by atoms with Crippen LogP contribution < -0.4 is 0 Å². The average Bonchev–Trinajstić information content (AvgIpc) is 2.67. The van der Waals surface area contributed by atoms with E-state index in [0.29, 0.717) is 33.0 Å². The smallest absolute Gasteiger partial charge is 0.0594 e. The van der Waals surface area contributed by atoms with Crippen molar-refractivity contribution in [3.63, 3.8) is 0 Å². The molecule has 1 heteroatoms. The third kappa shape index (κ3) is 2.77. The Morgan fingerprint density at radius 3 is 2.16 bits per heavy atom. The summed E-state index contributed by atoms with van der Waals surface area (Å²) in [6, 6.07) is 0. The van der Waals surface area contributed by atoms with Gasteiger partial charge in [-0.3, -0.25) is 0 Å². The quantitative estimate of drug-likeness (QED) is 0.387. The molecule has 31 heavy (non-hydrogen) atoms. The molecule has 4 fully saturated rings. The number of hydrogen-bond donors (Lipinski definition) is 1. The van der Waals surface area contributed by atoms with E-state index in [1.54, 1.807) is 0 Å². The standard InChI is InChI=1S/C30H50O/c1-25(2)15-16-27(5)17-18-29(7)20(21(27)19-25)9-10-23-28(6)13-12-24(31)26(3,4)22(28)11-14-30(23,29)8/h9,21-24,31H,10-19H2,1-8H3/t21-,22-,23-,24-,27-,28-,29+,30-/m0/s1. The number of hydrogen-bond acceptors (Lipinski definition) is 1.